The van der Waals surface area contributed by atoms with Gasteiger partial charge in [-0.05, 0) is 60.8 Å². The second-order valence-electron chi connectivity index (χ2n) is 8.05. The summed E-state index contributed by atoms with van der Waals surface area (Å²) in [4.78, 5) is 0. The van der Waals surface area contributed by atoms with E-state index in [2.05, 4.69) is 27.7 Å². The van der Waals surface area contributed by atoms with Gasteiger partial charge in [-0.3, -0.25) is 0 Å². The van der Waals surface area contributed by atoms with E-state index in [0.29, 0.717) is 16.2 Å². The van der Waals surface area contributed by atoms with Gasteiger partial charge in [-0.1, -0.05) is 34.1 Å². The first kappa shape index (κ1) is 12.4. The van der Waals surface area contributed by atoms with Crippen molar-refractivity contribution in [3.63, 3.8) is 0 Å². The lowest BCUT2D eigenvalue weighted by molar-refractivity contribution is -0.0245. The third-order valence-electron chi connectivity index (χ3n) is 5.00. The minimum Gasteiger partial charge on any atom is -0.330 e. The van der Waals surface area contributed by atoms with Crippen molar-refractivity contribution in [1.82, 2.24) is 0 Å². The first-order chi connectivity index (χ1) is 7.29. The Morgan fingerprint density at radius 3 is 2.06 bits per heavy atom. The summed E-state index contributed by atoms with van der Waals surface area (Å²) in [7, 11) is 0. The summed E-state index contributed by atoms with van der Waals surface area (Å²) >= 11 is 0. The Hall–Kier alpha value is -0.0400. The predicted molar refractivity (Wildman–Crippen MR) is 70.2 cm³/mol. The quantitative estimate of drug-likeness (QED) is 0.715. The molecule has 0 aromatic rings. The fraction of sp³-hybridized carbons (Fsp3) is 1.00. The monoisotopic (exact) mass is 223 g/mol. The molecule has 2 N–H and O–H groups in total. The minimum atomic E-state index is 0.513. The minimum absolute atomic E-state index is 0.513. The van der Waals surface area contributed by atoms with Crippen molar-refractivity contribution in [2.75, 3.05) is 6.54 Å². The molecule has 16 heavy (non-hydrogen) atoms. The van der Waals surface area contributed by atoms with E-state index in [0.717, 1.165) is 12.5 Å². The molecule has 1 atom stereocenters. The molecular formula is C15H29N. The molecule has 2 aliphatic rings. The smallest absolute Gasteiger partial charge is 0.00435 e. The average Bonchev–Trinajstić information content (AvgIpc) is 2.40. The van der Waals surface area contributed by atoms with E-state index in [-0.39, 0.29) is 0 Å². The van der Waals surface area contributed by atoms with Gasteiger partial charge in [0.25, 0.3) is 0 Å². The Kier molecular flexibility index (Phi) is 2.89. The van der Waals surface area contributed by atoms with Crippen LogP contribution in [0.4, 0.5) is 0 Å². The molecule has 0 bridgehead atoms. The van der Waals surface area contributed by atoms with E-state index in [1.165, 1.54) is 38.5 Å². The van der Waals surface area contributed by atoms with Crippen LogP contribution in [0.25, 0.3) is 0 Å². The van der Waals surface area contributed by atoms with Crippen molar-refractivity contribution in [1.29, 1.82) is 0 Å². The van der Waals surface area contributed by atoms with E-state index >= 15 is 0 Å². The highest BCUT2D eigenvalue weighted by Gasteiger charge is 2.52. The highest BCUT2D eigenvalue weighted by atomic mass is 14.6. The van der Waals surface area contributed by atoms with E-state index in [1.807, 2.05) is 0 Å². The van der Waals surface area contributed by atoms with Gasteiger partial charge >= 0.3 is 0 Å². The number of hydrogen-bond acceptors (Lipinski definition) is 1. The molecule has 0 saturated heterocycles. The summed E-state index contributed by atoms with van der Waals surface area (Å²) < 4.78 is 0. The molecule has 0 radical (unpaired) electrons. The standard InChI is InChI=1S/C15H29N/c1-13(2)9-14(3,4)11-15(10-13)7-5-6-12(15)8-16/h12H,5-11,16H2,1-4H3. The predicted octanol–water partition coefficient (Wildman–Crippen LogP) is 3.97. The van der Waals surface area contributed by atoms with Crippen LogP contribution in [-0.4, -0.2) is 6.54 Å². The van der Waals surface area contributed by atoms with Crippen molar-refractivity contribution < 1.29 is 0 Å². The second-order valence-corrected chi connectivity index (χ2v) is 8.05. The third-order valence-corrected chi connectivity index (χ3v) is 5.00. The summed E-state index contributed by atoms with van der Waals surface area (Å²) in [6, 6.07) is 0. The number of hydrogen-bond donors (Lipinski definition) is 1. The SMILES string of the molecule is CC1(C)CC(C)(C)CC2(CCCC2CN)C1. The molecule has 0 aromatic heterocycles. The Morgan fingerprint density at radius 1 is 1.00 bits per heavy atom. The molecule has 94 valence electrons. The molecule has 2 rings (SSSR count). The summed E-state index contributed by atoms with van der Waals surface area (Å²) in [5.74, 6) is 0.798. The average molecular weight is 223 g/mol. The van der Waals surface area contributed by atoms with Gasteiger partial charge in [-0.25, -0.2) is 0 Å². The van der Waals surface area contributed by atoms with Crippen LogP contribution in [0.2, 0.25) is 0 Å². The van der Waals surface area contributed by atoms with Crippen LogP contribution in [0.15, 0.2) is 0 Å². The van der Waals surface area contributed by atoms with Gasteiger partial charge in [0.1, 0.15) is 0 Å². The fourth-order valence-corrected chi connectivity index (χ4v) is 5.43. The topological polar surface area (TPSA) is 26.0 Å². The molecule has 1 nitrogen and oxygen atoms in total. The summed E-state index contributed by atoms with van der Waals surface area (Å²) in [5.41, 5.74) is 7.63. The third kappa shape index (κ3) is 2.16. The maximum atomic E-state index is 6.02. The molecule has 1 spiro atoms. The highest BCUT2D eigenvalue weighted by Crippen LogP contribution is 2.61. The first-order valence-electron chi connectivity index (χ1n) is 6.99. The maximum absolute atomic E-state index is 6.02. The number of nitrogens with two attached hydrogens (primary N) is 1. The van der Waals surface area contributed by atoms with Gasteiger partial charge in [-0.15, -0.1) is 0 Å². The molecule has 0 aliphatic heterocycles. The van der Waals surface area contributed by atoms with Crippen LogP contribution in [0.3, 0.4) is 0 Å². The fourth-order valence-electron chi connectivity index (χ4n) is 5.43. The van der Waals surface area contributed by atoms with E-state index < -0.39 is 0 Å². The zero-order chi connectivity index (χ0) is 12.0. The molecule has 0 aromatic carbocycles. The number of rotatable bonds is 1. The lowest BCUT2D eigenvalue weighted by Gasteiger charge is -2.53. The molecule has 2 fully saturated rings. The molecule has 1 heteroatoms. The Morgan fingerprint density at radius 2 is 1.56 bits per heavy atom. The van der Waals surface area contributed by atoms with E-state index in [9.17, 15) is 0 Å². The molecule has 0 heterocycles. The van der Waals surface area contributed by atoms with Gasteiger partial charge in [0.15, 0.2) is 0 Å². The van der Waals surface area contributed by atoms with Gasteiger partial charge < -0.3 is 5.73 Å². The van der Waals surface area contributed by atoms with Crippen molar-refractivity contribution in [2.24, 2.45) is 27.9 Å². The first-order valence-corrected chi connectivity index (χ1v) is 6.99. The van der Waals surface area contributed by atoms with Crippen LogP contribution in [0.5, 0.6) is 0 Å². The zero-order valence-corrected chi connectivity index (χ0v) is 11.6. The second kappa shape index (κ2) is 3.73. The molecular weight excluding hydrogens is 194 g/mol. The summed E-state index contributed by atoms with van der Waals surface area (Å²) in [6.45, 7) is 10.7. The van der Waals surface area contributed by atoms with Crippen LogP contribution < -0.4 is 5.73 Å². The van der Waals surface area contributed by atoms with Crippen LogP contribution in [0.1, 0.15) is 66.2 Å². The molecule has 1 unspecified atom stereocenters. The largest absolute Gasteiger partial charge is 0.330 e. The summed E-state index contributed by atoms with van der Waals surface area (Å²) in [5, 5.41) is 0. The lowest BCUT2D eigenvalue weighted by atomic mass is 9.52. The maximum Gasteiger partial charge on any atom is -0.00435 e. The van der Waals surface area contributed by atoms with Crippen molar-refractivity contribution in [3.05, 3.63) is 0 Å². The van der Waals surface area contributed by atoms with Crippen molar-refractivity contribution in [2.45, 2.75) is 66.2 Å². The lowest BCUT2D eigenvalue weighted by Crippen LogP contribution is -2.45. The highest BCUT2D eigenvalue weighted by molar-refractivity contribution is 5.03. The van der Waals surface area contributed by atoms with Crippen LogP contribution >= 0.6 is 0 Å². The van der Waals surface area contributed by atoms with Crippen LogP contribution in [-0.2, 0) is 0 Å². The summed E-state index contributed by atoms with van der Waals surface area (Å²) in [6.07, 6.45) is 8.41. The van der Waals surface area contributed by atoms with Crippen molar-refractivity contribution in [3.8, 4) is 0 Å². The molecule has 0 amide bonds. The van der Waals surface area contributed by atoms with E-state index in [1.54, 1.807) is 0 Å². The van der Waals surface area contributed by atoms with Crippen LogP contribution in [0, 0.1) is 22.2 Å². The Labute approximate surface area is 101 Å². The Balaban J connectivity index is 2.27. The van der Waals surface area contributed by atoms with Gasteiger partial charge in [0, 0.05) is 0 Å². The zero-order valence-electron chi connectivity index (χ0n) is 11.6. The Bertz CT molecular complexity index is 249. The van der Waals surface area contributed by atoms with Crippen molar-refractivity contribution >= 4 is 0 Å². The molecule has 2 saturated carbocycles. The van der Waals surface area contributed by atoms with Gasteiger partial charge in [-0.2, -0.15) is 0 Å². The molecule has 2 aliphatic carbocycles. The van der Waals surface area contributed by atoms with E-state index in [4.69, 9.17) is 5.73 Å². The normalized spacial score (nSPS) is 35.4. The van der Waals surface area contributed by atoms with Gasteiger partial charge in [0.05, 0.1) is 0 Å². The van der Waals surface area contributed by atoms with Gasteiger partial charge in [0.2, 0.25) is 0 Å².